The Labute approximate surface area is 134 Å². The molecule has 0 aliphatic rings. The third-order valence-corrected chi connectivity index (χ3v) is 3.97. The maximum Gasteiger partial charge on any atom is 0.00277 e. The van der Waals surface area contributed by atoms with Crippen LogP contribution >= 0.6 is 0 Å². The first kappa shape index (κ1) is 16.1. The maximum atomic E-state index is 4.34. The number of aryl methyl sites for hydroxylation is 1. The predicted molar refractivity (Wildman–Crippen MR) is 97.9 cm³/mol. The Morgan fingerprint density at radius 3 is 2.45 bits per heavy atom. The van der Waals surface area contributed by atoms with Crippen LogP contribution < -0.4 is 5.32 Å². The Morgan fingerprint density at radius 1 is 1.09 bits per heavy atom. The van der Waals surface area contributed by atoms with E-state index in [2.05, 4.69) is 81.2 Å². The van der Waals surface area contributed by atoms with Gasteiger partial charge in [-0.25, -0.2) is 0 Å². The highest BCUT2D eigenvalue weighted by Gasteiger charge is 2.10. The highest BCUT2D eigenvalue weighted by molar-refractivity contribution is 5.84. The molecule has 0 fully saturated rings. The monoisotopic (exact) mass is 291 g/mol. The summed E-state index contributed by atoms with van der Waals surface area (Å²) in [5.41, 5.74) is 7.27. The summed E-state index contributed by atoms with van der Waals surface area (Å²) in [6.07, 6.45) is 4.08. The summed E-state index contributed by atoms with van der Waals surface area (Å²) in [6, 6.07) is 15.1. The fraction of sp³-hybridized carbons (Fsp3) is 0.238. The zero-order valence-corrected chi connectivity index (χ0v) is 14.0. The fourth-order valence-electron chi connectivity index (χ4n) is 2.58. The standard InChI is InChI=1S/C21H25N/c1-15(2)18-10-11-21(19(14-18)12-13-22-5)17(4)20-9-7-6-8-16(20)3/h6-15,22H,4H2,1-3,5H3/b13-12-. The molecule has 0 spiro atoms. The number of benzene rings is 2. The predicted octanol–water partition coefficient (Wildman–Crippen LogP) is 5.37. The summed E-state index contributed by atoms with van der Waals surface area (Å²) in [6.45, 7) is 10.9. The summed E-state index contributed by atoms with van der Waals surface area (Å²) in [5, 5.41) is 3.07. The average Bonchev–Trinajstić information content (AvgIpc) is 2.52. The van der Waals surface area contributed by atoms with Gasteiger partial charge in [0.05, 0.1) is 0 Å². The van der Waals surface area contributed by atoms with Crippen molar-refractivity contribution in [3.8, 4) is 0 Å². The molecule has 22 heavy (non-hydrogen) atoms. The second-order valence-electron chi connectivity index (χ2n) is 5.92. The van der Waals surface area contributed by atoms with Gasteiger partial charge < -0.3 is 5.32 Å². The van der Waals surface area contributed by atoms with E-state index in [1.54, 1.807) is 0 Å². The van der Waals surface area contributed by atoms with Gasteiger partial charge in [-0.05, 0) is 58.5 Å². The van der Waals surface area contributed by atoms with Gasteiger partial charge in [0.2, 0.25) is 0 Å². The lowest BCUT2D eigenvalue weighted by Crippen LogP contribution is -1.97. The van der Waals surface area contributed by atoms with Crippen LogP contribution in [0.1, 0.15) is 47.6 Å². The van der Waals surface area contributed by atoms with Crippen molar-refractivity contribution in [2.75, 3.05) is 7.05 Å². The molecule has 0 atom stereocenters. The van der Waals surface area contributed by atoms with Gasteiger partial charge in [0.1, 0.15) is 0 Å². The van der Waals surface area contributed by atoms with Crippen molar-refractivity contribution >= 4 is 11.6 Å². The molecule has 0 saturated carbocycles. The number of hydrogen-bond acceptors (Lipinski definition) is 1. The van der Waals surface area contributed by atoms with Crippen molar-refractivity contribution in [1.82, 2.24) is 5.32 Å². The molecule has 2 rings (SSSR count). The average molecular weight is 291 g/mol. The second-order valence-corrected chi connectivity index (χ2v) is 5.92. The molecule has 114 valence electrons. The van der Waals surface area contributed by atoms with Gasteiger partial charge in [-0.2, -0.15) is 0 Å². The molecule has 0 unspecified atom stereocenters. The molecule has 2 aromatic rings. The van der Waals surface area contributed by atoms with Crippen LogP contribution in [-0.2, 0) is 0 Å². The van der Waals surface area contributed by atoms with E-state index in [4.69, 9.17) is 0 Å². The van der Waals surface area contributed by atoms with Crippen LogP contribution in [0.4, 0.5) is 0 Å². The molecule has 2 aromatic carbocycles. The van der Waals surface area contributed by atoms with E-state index < -0.39 is 0 Å². The summed E-state index contributed by atoms with van der Waals surface area (Å²) < 4.78 is 0. The van der Waals surface area contributed by atoms with Gasteiger partial charge >= 0.3 is 0 Å². The SMILES string of the molecule is C=C(c1ccccc1C)c1ccc(C(C)C)cc1/C=C\NC. The molecule has 1 N–H and O–H groups in total. The molecule has 0 aliphatic heterocycles. The van der Waals surface area contributed by atoms with E-state index >= 15 is 0 Å². The van der Waals surface area contributed by atoms with Crippen molar-refractivity contribution < 1.29 is 0 Å². The molecule has 1 nitrogen and oxygen atoms in total. The van der Waals surface area contributed by atoms with Gasteiger partial charge in [-0.3, -0.25) is 0 Å². The van der Waals surface area contributed by atoms with Crippen LogP contribution in [0.2, 0.25) is 0 Å². The van der Waals surface area contributed by atoms with E-state index in [9.17, 15) is 0 Å². The minimum Gasteiger partial charge on any atom is -0.394 e. The lowest BCUT2D eigenvalue weighted by atomic mass is 9.90. The number of hydrogen-bond donors (Lipinski definition) is 1. The summed E-state index contributed by atoms with van der Waals surface area (Å²) >= 11 is 0. The first-order chi connectivity index (χ1) is 10.5. The number of nitrogens with one attached hydrogen (secondary N) is 1. The third kappa shape index (κ3) is 3.48. The van der Waals surface area contributed by atoms with Crippen LogP contribution in [-0.4, -0.2) is 7.05 Å². The molecule has 0 radical (unpaired) electrons. The first-order valence-electron chi connectivity index (χ1n) is 7.77. The summed E-state index contributed by atoms with van der Waals surface area (Å²) in [5.74, 6) is 0.516. The fourth-order valence-corrected chi connectivity index (χ4v) is 2.58. The largest absolute Gasteiger partial charge is 0.394 e. The van der Waals surface area contributed by atoms with Crippen molar-refractivity contribution in [2.24, 2.45) is 0 Å². The Hall–Kier alpha value is -2.28. The molecule has 0 bridgehead atoms. The summed E-state index contributed by atoms with van der Waals surface area (Å²) in [7, 11) is 1.92. The summed E-state index contributed by atoms with van der Waals surface area (Å²) in [4.78, 5) is 0. The lowest BCUT2D eigenvalue weighted by molar-refractivity contribution is 0.866. The Bertz CT molecular complexity index is 693. The molecule has 1 heteroatoms. The van der Waals surface area contributed by atoms with E-state index in [0.29, 0.717) is 5.92 Å². The third-order valence-electron chi connectivity index (χ3n) is 3.97. The molecular formula is C21H25N. The van der Waals surface area contributed by atoms with Crippen molar-refractivity contribution in [3.63, 3.8) is 0 Å². The van der Waals surface area contributed by atoms with Crippen LogP contribution in [0.3, 0.4) is 0 Å². The van der Waals surface area contributed by atoms with Crippen LogP contribution in [0.5, 0.6) is 0 Å². The Balaban J connectivity index is 2.52. The van der Waals surface area contributed by atoms with Crippen LogP contribution in [0.25, 0.3) is 11.6 Å². The number of rotatable bonds is 5. The van der Waals surface area contributed by atoms with E-state index in [1.165, 1.54) is 27.8 Å². The second kappa shape index (κ2) is 7.13. The van der Waals surface area contributed by atoms with Gasteiger partial charge in [-0.15, -0.1) is 0 Å². The lowest BCUT2D eigenvalue weighted by Gasteiger charge is -2.15. The van der Waals surface area contributed by atoms with E-state index in [1.807, 2.05) is 13.2 Å². The zero-order chi connectivity index (χ0) is 16.1. The molecule has 0 aromatic heterocycles. The van der Waals surface area contributed by atoms with Crippen molar-refractivity contribution in [1.29, 1.82) is 0 Å². The quantitative estimate of drug-likeness (QED) is 0.781. The van der Waals surface area contributed by atoms with E-state index in [0.717, 1.165) is 5.57 Å². The molecule has 0 aliphatic carbocycles. The van der Waals surface area contributed by atoms with Crippen molar-refractivity contribution in [3.05, 3.63) is 83.1 Å². The molecule has 0 amide bonds. The molecule has 0 heterocycles. The van der Waals surface area contributed by atoms with Crippen LogP contribution in [0, 0.1) is 6.92 Å². The topological polar surface area (TPSA) is 12.0 Å². The van der Waals surface area contributed by atoms with Crippen LogP contribution in [0.15, 0.2) is 55.2 Å². The van der Waals surface area contributed by atoms with E-state index in [-0.39, 0.29) is 0 Å². The Kier molecular flexibility index (Phi) is 5.21. The smallest absolute Gasteiger partial charge is 0.00277 e. The maximum absolute atomic E-state index is 4.34. The Morgan fingerprint density at radius 2 is 1.82 bits per heavy atom. The normalized spacial score (nSPS) is 11.1. The highest BCUT2D eigenvalue weighted by Crippen LogP contribution is 2.30. The van der Waals surface area contributed by atoms with Gasteiger partial charge in [0.15, 0.2) is 0 Å². The minimum absolute atomic E-state index is 0.516. The first-order valence-corrected chi connectivity index (χ1v) is 7.77. The zero-order valence-electron chi connectivity index (χ0n) is 14.0. The molecular weight excluding hydrogens is 266 g/mol. The minimum atomic E-state index is 0.516. The highest BCUT2D eigenvalue weighted by atomic mass is 14.8. The van der Waals surface area contributed by atoms with Gasteiger partial charge in [0, 0.05) is 7.05 Å². The van der Waals surface area contributed by atoms with Gasteiger partial charge in [-0.1, -0.05) is 62.9 Å². The van der Waals surface area contributed by atoms with Gasteiger partial charge in [0.25, 0.3) is 0 Å². The van der Waals surface area contributed by atoms with Crippen molar-refractivity contribution in [2.45, 2.75) is 26.7 Å². The molecule has 0 saturated heterocycles.